The molecule has 0 aromatic heterocycles. The molecule has 2 aromatic rings. The Morgan fingerprint density at radius 3 is 2.12 bits per heavy atom. The van der Waals surface area contributed by atoms with Crippen molar-refractivity contribution in [2.45, 2.75) is 64.7 Å². The van der Waals surface area contributed by atoms with Crippen molar-refractivity contribution >= 4 is 11.6 Å². The highest BCUT2D eigenvalue weighted by atomic mass is 35.5. The third-order valence-electron chi connectivity index (χ3n) is 6.10. The molecule has 0 N–H and O–H groups in total. The number of rotatable bonds is 7. The molecule has 1 saturated carbocycles. The Hall–Kier alpha value is -1.27. The van der Waals surface area contributed by atoms with Crippen LogP contribution >= 0.6 is 11.6 Å². The normalized spacial score (nSPS) is 17.3. The van der Waals surface area contributed by atoms with Gasteiger partial charge >= 0.3 is 0 Å². The molecule has 0 nitrogen and oxygen atoms in total. The van der Waals surface area contributed by atoms with Crippen LogP contribution in [-0.4, -0.2) is 0 Å². The summed E-state index contributed by atoms with van der Waals surface area (Å²) in [5, 5.41) is 0.846. The predicted octanol–water partition coefficient (Wildman–Crippen LogP) is 7.37. The monoisotopic (exact) mass is 354 g/mol. The summed E-state index contributed by atoms with van der Waals surface area (Å²) >= 11 is 6.14. The van der Waals surface area contributed by atoms with Crippen molar-refractivity contribution in [2.75, 3.05) is 0 Å². The Kier molecular flexibility index (Phi) is 5.89. The zero-order valence-electron chi connectivity index (χ0n) is 15.9. The van der Waals surface area contributed by atoms with Gasteiger partial charge in [-0.3, -0.25) is 0 Å². The van der Waals surface area contributed by atoms with Crippen LogP contribution in [0.4, 0.5) is 0 Å². The summed E-state index contributed by atoms with van der Waals surface area (Å²) < 4.78 is 0. The Labute approximate surface area is 158 Å². The van der Waals surface area contributed by atoms with Crippen LogP contribution in [0.2, 0.25) is 5.02 Å². The van der Waals surface area contributed by atoms with Crippen molar-refractivity contribution in [3.63, 3.8) is 0 Å². The summed E-state index contributed by atoms with van der Waals surface area (Å²) in [4.78, 5) is 0. The Morgan fingerprint density at radius 1 is 0.960 bits per heavy atom. The quantitative estimate of drug-likeness (QED) is 0.487. The van der Waals surface area contributed by atoms with E-state index in [2.05, 4.69) is 69.3 Å². The third kappa shape index (κ3) is 4.29. The van der Waals surface area contributed by atoms with Gasteiger partial charge in [0.1, 0.15) is 0 Å². The molecular formula is C24H31Cl. The molecule has 1 fully saturated rings. The molecule has 0 aliphatic heterocycles. The van der Waals surface area contributed by atoms with Crippen molar-refractivity contribution in [3.8, 4) is 0 Å². The first kappa shape index (κ1) is 18.5. The van der Waals surface area contributed by atoms with Gasteiger partial charge in [-0.2, -0.15) is 0 Å². The maximum absolute atomic E-state index is 6.14. The van der Waals surface area contributed by atoms with Crippen LogP contribution in [-0.2, 0) is 11.8 Å². The van der Waals surface area contributed by atoms with E-state index in [9.17, 15) is 0 Å². The van der Waals surface area contributed by atoms with Crippen LogP contribution < -0.4 is 0 Å². The van der Waals surface area contributed by atoms with Crippen molar-refractivity contribution in [1.82, 2.24) is 0 Å². The van der Waals surface area contributed by atoms with Gasteiger partial charge < -0.3 is 0 Å². The van der Waals surface area contributed by atoms with E-state index >= 15 is 0 Å². The molecule has 0 saturated heterocycles. The van der Waals surface area contributed by atoms with Crippen LogP contribution in [0.5, 0.6) is 0 Å². The fourth-order valence-electron chi connectivity index (χ4n) is 4.56. The number of hydrogen-bond acceptors (Lipinski definition) is 0. The topological polar surface area (TPSA) is 0 Å². The summed E-state index contributed by atoms with van der Waals surface area (Å²) in [7, 11) is 0. The lowest BCUT2D eigenvalue weighted by Crippen LogP contribution is -2.42. The zero-order valence-corrected chi connectivity index (χ0v) is 16.7. The lowest BCUT2D eigenvalue weighted by Gasteiger charge is -2.49. The first-order valence-corrected chi connectivity index (χ1v) is 10.2. The minimum atomic E-state index is 0.375. The van der Waals surface area contributed by atoms with Gasteiger partial charge in [-0.25, -0.2) is 0 Å². The van der Waals surface area contributed by atoms with E-state index in [1.807, 2.05) is 0 Å². The van der Waals surface area contributed by atoms with Gasteiger partial charge in [-0.05, 0) is 79.5 Å². The molecule has 25 heavy (non-hydrogen) atoms. The predicted molar refractivity (Wildman–Crippen MR) is 109 cm³/mol. The van der Waals surface area contributed by atoms with Gasteiger partial charge in [0.25, 0.3) is 0 Å². The van der Waals surface area contributed by atoms with Crippen LogP contribution in [0.3, 0.4) is 0 Å². The minimum absolute atomic E-state index is 0.375. The second-order valence-corrected chi connectivity index (χ2v) is 8.80. The second kappa shape index (κ2) is 7.96. The van der Waals surface area contributed by atoms with E-state index in [0.29, 0.717) is 5.41 Å². The Morgan fingerprint density at radius 2 is 1.60 bits per heavy atom. The molecule has 0 heterocycles. The number of aryl methyl sites for hydroxylation is 2. The van der Waals surface area contributed by atoms with Gasteiger partial charge in [-0.15, -0.1) is 0 Å². The molecule has 0 spiro atoms. The van der Waals surface area contributed by atoms with E-state index in [1.165, 1.54) is 55.2 Å². The van der Waals surface area contributed by atoms with Gasteiger partial charge in [0, 0.05) is 5.02 Å². The molecule has 2 aromatic carbocycles. The number of halogens is 1. The number of benzene rings is 2. The maximum atomic E-state index is 6.14. The molecule has 0 radical (unpaired) electrons. The van der Waals surface area contributed by atoms with E-state index < -0.39 is 0 Å². The van der Waals surface area contributed by atoms with Gasteiger partial charge in [0.05, 0.1) is 0 Å². The summed E-state index contributed by atoms with van der Waals surface area (Å²) in [6, 6.07) is 17.8. The molecule has 1 aliphatic carbocycles. The fourth-order valence-corrected chi connectivity index (χ4v) is 4.68. The first-order chi connectivity index (χ1) is 12.0. The van der Waals surface area contributed by atoms with Crippen molar-refractivity contribution < 1.29 is 0 Å². The van der Waals surface area contributed by atoms with Gasteiger partial charge in [0.2, 0.25) is 0 Å². The molecule has 134 valence electrons. The molecule has 0 amide bonds. The lowest BCUT2D eigenvalue weighted by atomic mass is 9.55. The molecular weight excluding hydrogens is 324 g/mol. The average molecular weight is 355 g/mol. The van der Waals surface area contributed by atoms with Gasteiger partial charge in [-0.1, -0.05) is 73.8 Å². The fraction of sp³-hybridized carbons (Fsp3) is 0.500. The minimum Gasteiger partial charge on any atom is -0.0843 e. The highest BCUT2D eigenvalue weighted by molar-refractivity contribution is 6.30. The van der Waals surface area contributed by atoms with Crippen LogP contribution in [0, 0.1) is 18.8 Å². The first-order valence-electron chi connectivity index (χ1n) is 9.81. The van der Waals surface area contributed by atoms with Crippen LogP contribution in [0.15, 0.2) is 48.5 Å². The van der Waals surface area contributed by atoms with Crippen molar-refractivity contribution in [1.29, 1.82) is 0 Å². The highest BCUT2D eigenvalue weighted by Crippen LogP contribution is 2.52. The Balaban J connectivity index is 1.80. The molecule has 3 rings (SSSR count). The van der Waals surface area contributed by atoms with E-state index in [-0.39, 0.29) is 0 Å². The second-order valence-electron chi connectivity index (χ2n) is 8.37. The summed E-state index contributed by atoms with van der Waals surface area (Å²) in [5.74, 6) is 1.50. The largest absolute Gasteiger partial charge is 0.0843 e. The third-order valence-corrected chi connectivity index (χ3v) is 6.36. The summed E-state index contributed by atoms with van der Waals surface area (Å²) in [6.07, 6.45) is 7.81. The van der Waals surface area contributed by atoms with Crippen molar-refractivity contribution in [3.05, 3.63) is 70.2 Å². The van der Waals surface area contributed by atoms with Crippen LogP contribution in [0.1, 0.15) is 62.6 Å². The van der Waals surface area contributed by atoms with E-state index in [4.69, 9.17) is 11.6 Å². The van der Waals surface area contributed by atoms with Gasteiger partial charge in [0.15, 0.2) is 0 Å². The number of hydrogen-bond donors (Lipinski definition) is 0. The Bertz CT molecular complexity index is 662. The van der Waals surface area contributed by atoms with E-state index in [0.717, 1.165) is 16.9 Å². The molecule has 1 heteroatoms. The summed E-state index contributed by atoms with van der Waals surface area (Å²) in [5.41, 5.74) is 4.71. The molecule has 1 unspecified atom stereocenters. The average Bonchev–Trinajstić information content (AvgIpc) is 2.54. The SMILES string of the molecule is Cc1ccc(CCC(CC(C)C)C2(c3ccc(Cl)cc3)CCC2)cc1. The molecule has 1 atom stereocenters. The standard InChI is InChI=1S/C24H31Cl/c1-18(2)17-22(10-9-20-7-5-19(3)6-8-20)24(15-4-16-24)21-11-13-23(25)14-12-21/h5-8,11-14,18,22H,4,9-10,15-17H2,1-3H3. The van der Waals surface area contributed by atoms with Crippen molar-refractivity contribution in [2.24, 2.45) is 11.8 Å². The highest BCUT2D eigenvalue weighted by Gasteiger charge is 2.44. The molecule has 0 bridgehead atoms. The zero-order chi connectivity index (χ0) is 17.9. The summed E-state index contributed by atoms with van der Waals surface area (Å²) in [6.45, 7) is 6.90. The maximum Gasteiger partial charge on any atom is 0.0406 e. The lowest BCUT2D eigenvalue weighted by molar-refractivity contribution is 0.117. The van der Waals surface area contributed by atoms with E-state index in [1.54, 1.807) is 0 Å². The smallest absolute Gasteiger partial charge is 0.0406 e. The molecule has 1 aliphatic rings. The van der Waals surface area contributed by atoms with Crippen LogP contribution in [0.25, 0.3) is 0 Å².